The molecule has 0 saturated heterocycles. The Balaban J connectivity index is 0.946. The van der Waals surface area contributed by atoms with Gasteiger partial charge < -0.3 is 8.83 Å². The van der Waals surface area contributed by atoms with Crippen LogP contribution in [0.3, 0.4) is 0 Å². The van der Waals surface area contributed by atoms with E-state index in [1.165, 1.54) is 32.3 Å². The second-order valence-corrected chi connectivity index (χ2v) is 15.9. The van der Waals surface area contributed by atoms with Crippen LogP contribution in [0.1, 0.15) is 0 Å². The highest BCUT2D eigenvalue weighted by Crippen LogP contribution is 2.42. The van der Waals surface area contributed by atoms with Crippen LogP contribution in [0.25, 0.3) is 133 Å². The number of furan rings is 2. The first-order chi connectivity index (χ1) is 30.7. The van der Waals surface area contributed by atoms with Crippen LogP contribution in [0.5, 0.6) is 0 Å². The summed E-state index contributed by atoms with van der Waals surface area (Å²) in [6, 6.07) is 70.0. The van der Waals surface area contributed by atoms with E-state index >= 15 is 0 Å². The first-order valence-electron chi connectivity index (χ1n) is 20.8. The van der Waals surface area contributed by atoms with E-state index < -0.39 is 0 Å². The Bertz CT molecular complexity index is 3900. The fraction of sp³-hybridized carbons (Fsp3) is 0. The van der Waals surface area contributed by atoms with Gasteiger partial charge >= 0.3 is 0 Å². The molecule has 5 heteroatoms. The molecule has 10 aromatic carbocycles. The van der Waals surface area contributed by atoms with E-state index in [1.807, 2.05) is 60.7 Å². The van der Waals surface area contributed by atoms with Crippen LogP contribution in [0.15, 0.2) is 209 Å². The number of rotatable bonds is 5. The molecule has 3 aromatic heterocycles. The lowest BCUT2D eigenvalue weighted by Crippen LogP contribution is -2.00. The number of benzene rings is 10. The maximum absolute atomic E-state index is 6.54. The van der Waals surface area contributed by atoms with Crippen LogP contribution < -0.4 is 0 Å². The molecule has 5 nitrogen and oxygen atoms in total. The van der Waals surface area contributed by atoms with E-state index in [4.69, 9.17) is 23.8 Å². The van der Waals surface area contributed by atoms with E-state index in [1.54, 1.807) is 0 Å². The van der Waals surface area contributed by atoms with Crippen molar-refractivity contribution in [2.45, 2.75) is 0 Å². The van der Waals surface area contributed by atoms with Crippen LogP contribution in [0.4, 0.5) is 0 Å². The third kappa shape index (κ3) is 5.45. The number of hydrogen-bond acceptors (Lipinski definition) is 5. The zero-order valence-electron chi connectivity index (χ0n) is 33.2. The molecule has 0 spiro atoms. The lowest BCUT2D eigenvalue weighted by atomic mass is 9.91. The molecule has 0 fully saturated rings. The van der Waals surface area contributed by atoms with Crippen molar-refractivity contribution in [1.29, 1.82) is 0 Å². The minimum atomic E-state index is 0.593. The van der Waals surface area contributed by atoms with E-state index in [0.717, 1.165) is 82.8 Å². The number of aromatic nitrogens is 3. The van der Waals surface area contributed by atoms with Gasteiger partial charge in [0.15, 0.2) is 17.5 Å². The molecular formula is C57H33N3O2. The van der Waals surface area contributed by atoms with Gasteiger partial charge in [-0.15, -0.1) is 0 Å². The molecular weight excluding hydrogens is 759 g/mol. The maximum atomic E-state index is 6.54. The summed E-state index contributed by atoms with van der Waals surface area (Å²) < 4.78 is 12.7. The summed E-state index contributed by atoms with van der Waals surface area (Å²) in [5, 5.41) is 11.8. The van der Waals surface area contributed by atoms with Gasteiger partial charge in [-0.1, -0.05) is 146 Å². The topological polar surface area (TPSA) is 65.0 Å². The highest BCUT2D eigenvalue weighted by molar-refractivity contribution is 6.26. The van der Waals surface area contributed by atoms with Crippen LogP contribution in [-0.4, -0.2) is 15.0 Å². The zero-order chi connectivity index (χ0) is 40.7. The summed E-state index contributed by atoms with van der Waals surface area (Å²) >= 11 is 0. The summed E-state index contributed by atoms with van der Waals surface area (Å²) in [6.45, 7) is 0. The zero-order valence-corrected chi connectivity index (χ0v) is 33.2. The third-order valence-electron chi connectivity index (χ3n) is 12.3. The summed E-state index contributed by atoms with van der Waals surface area (Å²) in [6.07, 6.45) is 0. The largest absolute Gasteiger partial charge is 0.456 e. The molecule has 13 rings (SSSR count). The molecule has 0 aliphatic carbocycles. The quantitative estimate of drug-likeness (QED) is 0.162. The molecule has 0 radical (unpaired) electrons. The molecule has 0 atom stereocenters. The minimum Gasteiger partial charge on any atom is -0.456 e. The monoisotopic (exact) mass is 791 g/mol. The molecule has 62 heavy (non-hydrogen) atoms. The highest BCUT2D eigenvalue weighted by Gasteiger charge is 2.18. The average molecular weight is 792 g/mol. The second kappa shape index (κ2) is 13.6. The third-order valence-corrected chi connectivity index (χ3v) is 12.3. The predicted molar refractivity (Wildman–Crippen MR) is 254 cm³/mol. The first kappa shape index (κ1) is 34.5. The minimum absolute atomic E-state index is 0.593. The van der Waals surface area contributed by atoms with Crippen molar-refractivity contribution in [1.82, 2.24) is 15.0 Å². The van der Waals surface area contributed by atoms with Gasteiger partial charge in [0.2, 0.25) is 0 Å². The molecule has 0 unspecified atom stereocenters. The molecule has 0 bridgehead atoms. The predicted octanol–water partition coefficient (Wildman–Crippen LogP) is 15.5. The Kier molecular flexibility index (Phi) is 7.54. The van der Waals surface area contributed by atoms with Gasteiger partial charge in [0, 0.05) is 38.2 Å². The SMILES string of the molecule is c1ccc(-c2nc(-c3cccc(-c4cccc5oc6ccc(-c7ccc8c9ccccc9c9ccccc9c8c7)cc6c45)c3)nc(-c3ccc4oc5ccccc5c4c3)n2)cc1. The van der Waals surface area contributed by atoms with Gasteiger partial charge in [-0.25, -0.2) is 15.0 Å². The number of hydrogen-bond donors (Lipinski definition) is 0. The summed E-state index contributed by atoms with van der Waals surface area (Å²) in [5.74, 6) is 1.80. The Hall–Kier alpha value is -8.41. The lowest BCUT2D eigenvalue weighted by Gasteiger charge is -2.12. The Morgan fingerprint density at radius 1 is 0.242 bits per heavy atom. The Labute approximate surface area is 355 Å². The highest BCUT2D eigenvalue weighted by atomic mass is 16.3. The van der Waals surface area contributed by atoms with Gasteiger partial charge in [-0.3, -0.25) is 0 Å². The fourth-order valence-corrected chi connectivity index (χ4v) is 9.38. The first-order valence-corrected chi connectivity index (χ1v) is 20.8. The van der Waals surface area contributed by atoms with E-state index in [9.17, 15) is 0 Å². The number of para-hydroxylation sites is 1. The molecule has 0 aliphatic rings. The molecule has 13 aromatic rings. The second-order valence-electron chi connectivity index (χ2n) is 15.9. The molecule has 288 valence electrons. The maximum Gasteiger partial charge on any atom is 0.164 e. The summed E-state index contributed by atoms with van der Waals surface area (Å²) in [5.41, 5.74) is 10.5. The average Bonchev–Trinajstić information content (AvgIpc) is 3.92. The van der Waals surface area contributed by atoms with Crippen molar-refractivity contribution in [3.63, 3.8) is 0 Å². The van der Waals surface area contributed by atoms with Gasteiger partial charge in [-0.05, 0) is 109 Å². The normalized spacial score (nSPS) is 11.9. The number of fused-ring (bicyclic) bond motifs is 12. The van der Waals surface area contributed by atoms with Crippen LogP contribution >= 0.6 is 0 Å². The van der Waals surface area contributed by atoms with Crippen molar-refractivity contribution in [2.75, 3.05) is 0 Å². The molecule has 0 aliphatic heterocycles. The smallest absolute Gasteiger partial charge is 0.164 e. The van der Waals surface area contributed by atoms with E-state index in [2.05, 4.69) is 140 Å². The summed E-state index contributed by atoms with van der Waals surface area (Å²) in [7, 11) is 0. The molecule has 0 amide bonds. The van der Waals surface area contributed by atoms with E-state index in [0.29, 0.717) is 17.5 Å². The van der Waals surface area contributed by atoms with Crippen LogP contribution in [0, 0.1) is 0 Å². The molecule has 0 saturated carbocycles. The van der Waals surface area contributed by atoms with Gasteiger partial charge in [0.1, 0.15) is 22.3 Å². The fourth-order valence-electron chi connectivity index (χ4n) is 9.38. The van der Waals surface area contributed by atoms with E-state index in [-0.39, 0.29) is 0 Å². The van der Waals surface area contributed by atoms with Crippen molar-refractivity contribution in [3.8, 4) is 56.4 Å². The standard InChI is InChI=1S/C57H33N3O2/c1-2-12-34(13-3-1)55-58-56(60-57(59-55)39-26-29-51-48(33-39)46-20-8-9-22-50(46)61-51)38-15-10-14-37(30-38)40-21-11-23-53-54(40)49-32-36(25-28-52(49)62-53)35-24-27-45-43-18-5-4-16-41(43)42-17-6-7-19-44(42)47(45)31-35/h1-33H. The van der Waals surface area contributed by atoms with Crippen LogP contribution in [-0.2, 0) is 0 Å². The number of nitrogens with zero attached hydrogens (tertiary/aromatic N) is 3. The van der Waals surface area contributed by atoms with Crippen LogP contribution in [0.2, 0.25) is 0 Å². The Morgan fingerprint density at radius 2 is 0.694 bits per heavy atom. The van der Waals surface area contributed by atoms with Gasteiger partial charge in [0.05, 0.1) is 0 Å². The van der Waals surface area contributed by atoms with Crippen molar-refractivity contribution in [2.24, 2.45) is 0 Å². The summed E-state index contributed by atoms with van der Waals surface area (Å²) in [4.78, 5) is 15.3. The van der Waals surface area contributed by atoms with Crippen molar-refractivity contribution in [3.05, 3.63) is 200 Å². The van der Waals surface area contributed by atoms with Gasteiger partial charge in [-0.2, -0.15) is 0 Å². The molecule has 0 N–H and O–H groups in total. The Morgan fingerprint density at radius 3 is 1.44 bits per heavy atom. The lowest BCUT2D eigenvalue weighted by molar-refractivity contribution is 0.668. The van der Waals surface area contributed by atoms with Crippen molar-refractivity contribution < 1.29 is 8.83 Å². The molecule has 3 heterocycles. The van der Waals surface area contributed by atoms with Gasteiger partial charge in [0.25, 0.3) is 0 Å². The van der Waals surface area contributed by atoms with Crippen molar-refractivity contribution >= 4 is 76.2 Å².